The van der Waals surface area contributed by atoms with Gasteiger partial charge in [0.15, 0.2) is 0 Å². The molecule has 0 aromatic heterocycles. The molecule has 0 aromatic carbocycles. The van der Waals surface area contributed by atoms with Gasteiger partial charge in [-0.05, 0) is 6.42 Å². The SMILES string of the molecule is CC[C](S)OC. The van der Waals surface area contributed by atoms with E-state index in [4.69, 9.17) is 0 Å². The van der Waals surface area contributed by atoms with Crippen molar-refractivity contribution in [2.75, 3.05) is 7.11 Å². The van der Waals surface area contributed by atoms with Crippen LogP contribution in [0.15, 0.2) is 0 Å². The first-order valence-corrected chi connectivity index (χ1v) is 2.34. The van der Waals surface area contributed by atoms with E-state index in [1.165, 1.54) is 0 Å². The van der Waals surface area contributed by atoms with Crippen LogP contribution in [0.2, 0.25) is 0 Å². The number of methoxy groups -OCH3 is 1. The highest BCUT2D eigenvalue weighted by Crippen LogP contribution is 2.08. The third-order valence-electron chi connectivity index (χ3n) is 0.538. The lowest BCUT2D eigenvalue weighted by atomic mass is 10.5. The Balaban J connectivity index is 2.75. The Morgan fingerprint density at radius 1 is 1.83 bits per heavy atom. The Morgan fingerprint density at radius 3 is 2.33 bits per heavy atom. The van der Waals surface area contributed by atoms with Crippen LogP contribution in [-0.2, 0) is 4.74 Å². The van der Waals surface area contributed by atoms with Crippen LogP contribution in [0.1, 0.15) is 13.3 Å². The lowest BCUT2D eigenvalue weighted by Crippen LogP contribution is -1.85. The van der Waals surface area contributed by atoms with Gasteiger partial charge in [-0.1, -0.05) is 6.92 Å². The minimum absolute atomic E-state index is 0.787. The molecular formula is C4H9OS. The first-order chi connectivity index (χ1) is 2.81. The summed E-state index contributed by atoms with van der Waals surface area (Å²) in [6, 6.07) is 0. The number of hydrogen-bond acceptors (Lipinski definition) is 2. The van der Waals surface area contributed by atoms with E-state index in [1.807, 2.05) is 6.92 Å². The summed E-state index contributed by atoms with van der Waals surface area (Å²) in [6.07, 6.45) is 0.889. The second-order valence-electron chi connectivity index (χ2n) is 0.951. The van der Waals surface area contributed by atoms with Gasteiger partial charge in [0.25, 0.3) is 0 Å². The molecule has 0 unspecified atom stereocenters. The Labute approximate surface area is 44.1 Å². The van der Waals surface area contributed by atoms with Crippen LogP contribution < -0.4 is 0 Å². The average Bonchev–Trinajstić information content (AvgIpc) is 1.65. The zero-order valence-corrected chi connectivity index (χ0v) is 4.96. The van der Waals surface area contributed by atoms with Gasteiger partial charge in [-0.15, -0.1) is 12.6 Å². The van der Waals surface area contributed by atoms with Gasteiger partial charge in [-0.25, -0.2) is 0 Å². The van der Waals surface area contributed by atoms with Crippen molar-refractivity contribution in [2.24, 2.45) is 0 Å². The third-order valence-corrected chi connectivity index (χ3v) is 1.04. The summed E-state index contributed by atoms with van der Waals surface area (Å²) >= 11 is 3.92. The molecule has 0 aliphatic rings. The van der Waals surface area contributed by atoms with E-state index in [0.29, 0.717) is 0 Å². The molecule has 0 aliphatic heterocycles. The van der Waals surface area contributed by atoms with E-state index in [0.717, 1.165) is 11.9 Å². The second-order valence-corrected chi connectivity index (χ2v) is 1.45. The standard InChI is InChI=1S/C4H9OS/c1-3-4(6)5-2/h6H,3H2,1-2H3. The zero-order valence-electron chi connectivity index (χ0n) is 4.06. The van der Waals surface area contributed by atoms with E-state index in [1.54, 1.807) is 7.11 Å². The largest absolute Gasteiger partial charge is 0.364 e. The van der Waals surface area contributed by atoms with E-state index in [9.17, 15) is 0 Å². The zero-order chi connectivity index (χ0) is 4.99. The highest BCUT2D eigenvalue weighted by Gasteiger charge is 1.91. The van der Waals surface area contributed by atoms with Crippen molar-refractivity contribution in [2.45, 2.75) is 13.3 Å². The molecule has 0 atom stereocenters. The van der Waals surface area contributed by atoms with E-state index >= 15 is 0 Å². The van der Waals surface area contributed by atoms with Gasteiger partial charge in [-0.3, -0.25) is 0 Å². The molecule has 0 spiro atoms. The summed E-state index contributed by atoms with van der Waals surface area (Å²) in [5.74, 6) is 0. The molecule has 1 nitrogen and oxygen atoms in total. The van der Waals surface area contributed by atoms with Crippen molar-refractivity contribution in [3.05, 3.63) is 5.44 Å². The van der Waals surface area contributed by atoms with Crippen LogP contribution in [0.4, 0.5) is 0 Å². The molecular weight excluding hydrogens is 96.1 g/mol. The van der Waals surface area contributed by atoms with Crippen molar-refractivity contribution in [1.82, 2.24) is 0 Å². The lowest BCUT2D eigenvalue weighted by molar-refractivity contribution is 0.252. The van der Waals surface area contributed by atoms with Gasteiger partial charge in [0, 0.05) is 7.11 Å². The first-order valence-electron chi connectivity index (χ1n) is 1.90. The quantitative estimate of drug-likeness (QED) is 0.523. The summed E-state index contributed by atoms with van der Waals surface area (Å²) in [4.78, 5) is 0. The van der Waals surface area contributed by atoms with Crippen molar-refractivity contribution in [3.63, 3.8) is 0 Å². The smallest absolute Gasteiger partial charge is 0.148 e. The van der Waals surface area contributed by atoms with Gasteiger partial charge in [-0.2, -0.15) is 0 Å². The molecule has 2 heteroatoms. The van der Waals surface area contributed by atoms with Crippen molar-refractivity contribution in [1.29, 1.82) is 0 Å². The van der Waals surface area contributed by atoms with Crippen LogP contribution in [0, 0.1) is 5.44 Å². The van der Waals surface area contributed by atoms with Gasteiger partial charge in [0.05, 0.1) is 0 Å². The fourth-order valence-electron chi connectivity index (χ4n) is 0.144. The van der Waals surface area contributed by atoms with Gasteiger partial charge < -0.3 is 4.74 Å². The fourth-order valence-corrected chi connectivity index (χ4v) is 0.144. The predicted molar refractivity (Wildman–Crippen MR) is 29.5 cm³/mol. The Hall–Kier alpha value is 0.310. The summed E-state index contributed by atoms with van der Waals surface area (Å²) in [5, 5.41) is 0. The highest BCUT2D eigenvalue weighted by atomic mass is 32.1. The predicted octanol–water partition coefficient (Wildman–Crippen LogP) is 1.46. The van der Waals surface area contributed by atoms with Crippen molar-refractivity contribution in [3.8, 4) is 0 Å². The summed E-state index contributed by atoms with van der Waals surface area (Å²) in [7, 11) is 1.62. The van der Waals surface area contributed by atoms with E-state index in [-0.39, 0.29) is 0 Å². The Bertz CT molecular complexity index is 26.7. The van der Waals surface area contributed by atoms with Crippen LogP contribution in [0.5, 0.6) is 0 Å². The summed E-state index contributed by atoms with van der Waals surface area (Å²) < 4.78 is 4.68. The molecule has 0 amide bonds. The first kappa shape index (κ1) is 6.31. The molecule has 1 radical (unpaired) electrons. The van der Waals surface area contributed by atoms with Gasteiger partial charge in [0.1, 0.15) is 5.44 Å². The summed E-state index contributed by atoms with van der Waals surface area (Å²) in [5.41, 5.74) is 0.787. The van der Waals surface area contributed by atoms with Crippen LogP contribution in [0.3, 0.4) is 0 Å². The van der Waals surface area contributed by atoms with E-state index < -0.39 is 0 Å². The van der Waals surface area contributed by atoms with Crippen molar-refractivity contribution >= 4 is 12.6 Å². The summed E-state index contributed by atoms with van der Waals surface area (Å²) in [6.45, 7) is 1.99. The lowest BCUT2D eigenvalue weighted by Gasteiger charge is -1.98. The molecule has 0 aromatic rings. The molecule has 0 fully saturated rings. The molecule has 0 rings (SSSR count). The fraction of sp³-hybridized carbons (Fsp3) is 0.750. The number of rotatable bonds is 2. The van der Waals surface area contributed by atoms with E-state index in [2.05, 4.69) is 17.4 Å². The molecule has 37 valence electrons. The maximum Gasteiger partial charge on any atom is 0.148 e. The molecule has 0 heterocycles. The molecule has 0 saturated carbocycles. The number of hydrogen-bond donors (Lipinski definition) is 1. The van der Waals surface area contributed by atoms with Crippen LogP contribution in [0.25, 0.3) is 0 Å². The minimum atomic E-state index is 0.787. The van der Waals surface area contributed by atoms with Crippen LogP contribution >= 0.6 is 12.6 Å². The average molecular weight is 105 g/mol. The molecule has 6 heavy (non-hydrogen) atoms. The maximum atomic E-state index is 4.68. The molecule has 0 saturated heterocycles. The Morgan fingerprint density at radius 2 is 2.33 bits per heavy atom. The van der Waals surface area contributed by atoms with Crippen LogP contribution in [-0.4, -0.2) is 7.11 Å². The van der Waals surface area contributed by atoms with Crippen molar-refractivity contribution < 1.29 is 4.74 Å². The number of thiol groups is 1. The third kappa shape index (κ3) is 2.54. The highest BCUT2D eigenvalue weighted by molar-refractivity contribution is 7.83. The second kappa shape index (κ2) is 3.50. The topological polar surface area (TPSA) is 9.23 Å². The minimum Gasteiger partial charge on any atom is -0.364 e. The molecule has 0 N–H and O–H groups in total. The van der Waals surface area contributed by atoms with Gasteiger partial charge >= 0.3 is 0 Å². The maximum absolute atomic E-state index is 4.68. The monoisotopic (exact) mass is 105 g/mol. The molecule has 0 aliphatic carbocycles. The molecule has 0 bridgehead atoms. The van der Waals surface area contributed by atoms with Gasteiger partial charge in [0.2, 0.25) is 0 Å². The number of ether oxygens (including phenoxy) is 1. The Kier molecular flexibility index (Phi) is 3.68. The normalized spacial score (nSPS) is 10.0.